The molecule has 0 spiro atoms. The van der Waals surface area contributed by atoms with Gasteiger partial charge in [0.05, 0.1) is 18.1 Å². The van der Waals surface area contributed by atoms with Crippen LogP contribution in [0.15, 0.2) is 122 Å². The van der Waals surface area contributed by atoms with Crippen LogP contribution in [0, 0.1) is 5.41 Å². The highest BCUT2D eigenvalue weighted by Crippen LogP contribution is 2.53. The lowest BCUT2D eigenvalue weighted by Crippen LogP contribution is -2.66. The van der Waals surface area contributed by atoms with Gasteiger partial charge >= 0.3 is 0 Å². The van der Waals surface area contributed by atoms with E-state index in [0.717, 1.165) is 17.2 Å². The highest BCUT2D eigenvalue weighted by atomic mass is 35.5. The lowest BCUT2D eigenvalue weighted by Gasteiger charge is -2.52. The Bertz CT molecular complexity index is 1790. The van der Waals surface area contributed by atoms with Gasteiger partial charge in [-0.05, 0) is 83.0 Å². The van der Waals surface area contributed by atoms with Gasteiger partial charge < -0.3 is 14.1 Å². The Hall–Kier alpha value is -2.98. The molecule has 1 fully saturated rings. The fraction of sp³-hybridized carbons (Fsp3) is 0.413. The molecule has 1 heterocycles. The number of carbonyl (C=O) groups excluding carboxylic acids is 1. The fourth-order valence-corrected chi connectivity index (χ4v) is 14.0. The monoisotopic (exact) mass is 799 g/mol. The Labute approximate surface area is 337 Å². The summed E-state index contributed by atoms with van der Waals surface area (Å²) in [6, 6.07) is 38.2. The van der Waals surface area contributed by atoms with Crippen molar-refractivity contribution in [3.05, 3.63) is 143 Å². The molecule has 4 nitrogen and oxygen atoms in total. The Morgan fingerprint density at radius 3 is 2.00 bits per heavy atom. The van der Waals surface area contributed by atoms with Crippen LogP contribution in [0.2, 0.25) is 40.8 Å². The fourth-order valence-electron chi connectivity index (χ4n) is 8.33. The number of carbonyl (C=O) groups is 1. The largest absolute Gasteiger partial charge is 0.407 e. The summed E-state index contributed by atoms with van der Waals surface area (Å²) in [4.78, 5) is 17.6. The van der Waals surface area contributed by atoms with E-state index in [2.05, 4.69) is 144 Å². The van der Waals surface area contributed by atoms with E-state index < -0.39 is 21.8 Å². The van der Waals surface area contributed by atoms with Crippen LogP contribution in [0.1, 0.15) is 70.0 Å². The number of ether oxygens (including phenoxy) is 1. The van der Waals surface area contributed by atoms with Crippen LogP contribution in [0.3, 0.4) is 0 Å². The van der Waals surface area contributed by atoms with Crippen LogP contribution in [0.5, 0.6) is 0 Å². The van der Waals surface area contributed by atoms with E-state index >= 15 is 4.79 Å². The molecule has 0 bridgehead atoms. The van der Waals surface area contributed by atoms with Crippen molar-refractivity contribution in [2.24, 2.45) is 5.41 Å². The zero-order valence-corrected chi connectivity index (χ0v) is 36.8. The van der Waals surface area contributed by atoms with E-state index in [1.807, 2.05) is 30.3 Å². The molecule has 0 radical (unpaired) electrons. The average Bonchev–Trinajstić information content (AvgIpc) is 3.13. The molecule has 4 atom stereocenters. The van der Waals surface area contributed by atoms with Gasteiger partial charge in [0.25, 0.3) is 8.32 Å². The minimum atomic E-state index is -2.78. The second-order valence-corrected chi connectivity index (χ2v) is 28.2. The zero-order chi connectivity index (χ0) is 39.1. The van der Waals surface area contributed by atoms with E-state index in [1.165, 1.54) is 10.4 Å². The van der Waals surface area contributed by atoms with Gasteiger partial charge in [-0.1, -0.05) is 155 Å². The van der Waals surface area contributed by atoms with Crippen molar-refractivity contribution < 1.29 is 14.0 Å². The molecule has 1 aliphatic rings. The second kappa shape index (κ2) is 17.9. The molecule has 1 amide bonds. The number of allylic oxidation sites excluding steroid dienone is 1. The number of nitrogens with zero attached hydrogens (tertiary/aromatic N) is 1. The third kappa shape index (κ3) is 9.51. The van der Waals surface area contributed by atoms with Gasteiger partial charge in [0.15, 0.2) is 0 Å². The number of halogens is 2. The van der Waals surface area contributed by atoms with E-state index in [9.17, 15) is 0 Å². The Morgan fingerprint density at radius 1 is 0.852 bits per heavy atom. The first-order chi connectivity index (χ1) is 25.6. The first-order valence-corrected chi connectivity index (χ1v) is 25.8. The van der Waals surface area contributed by atoms with E-state index in [-0.39, 0.29) is 28.9 Å². The minimum Gasteiger partial charge on any atom is -0.407 e. The topological polar surface area (TPSA) is 38.8 Å². The lowest BCUT2D eigenvalue weighted by atomic mass is 9.66. The highest BCUT2D eigenvalue weighted by molar-refractivity contribution is 6.99. The summed E-state index contributed by atoms with van der Waals surface area (Å²) in [6.45, 7) is 21.8. The van der Waals surface area contributed by atoms with Crippen LogP contribution in [-0.4, -0.2) is 53.1 Å². The van der Waals surface area contributed by atoms with Gasteiger partial charge in [0.1, 0.15) is 0 Å². The first-order valence-electron chi connectivity index (χ1n) is 19.4. The smallest absolute Gasteiger partial charge is 0.261 e. The molecule has 4 aromatic rings. The summed E-state index contributed by atoms with van der Waals surface area (Å²) in [6.07, 6.45) is 3.68. The van der Waals surface area contributed by atoms with Crippen molar-refractivity contribution in [3.8, 4) is 0 Å². The van der Waals surface area contributed by atoms with E-state index in [4.69, 9.17) is 32.4 Å². The number of likely N-dealkylation sites (tertiary alicyclic amines) is 1. The maximum Gasteiger partial charge on any atom is 0.261 e. The molecule has 0 N–H and O–H groups in total. The van der Waals surface area contributed by atoms with Gasteiger partial charge in [0.2, 0.25) is 5.91 Å². The Balaban J connectivity index is 1.58. The minimum absolute atomic E-state index is 0.0526. The number of rotatable bonds is 16. The van der Waals surface area contributed by atoms with Crippen LogP contribution in [0.25, 0.3) is 0 Å². The molecule has 0 aliphatic carbocycles. The second-order valence-electron chi connectivity index (χ2n) is 17.4. The summed E-state index contributed by atoms with van der Waals surface area (Å²) in [5.74, 6) is 0.0507. The summed E-state index contributed by atoms with van der Waals surface area (Å²) >= 11 is 13.1. The summed E-state index contributed by atoms with van der Waals surface area (Å²) in [7, 11) is -4.12. The summed E-state index contributed by atoms with van der Waals surface area (Å²) in [5.41, 5.74) is 1.36. The number of hydrogen-bond acceptors (Lipinski definition) is 3. The summed E-state index contributed by atoms with van der Waals surface area (Å²) in [5, 5.41) is 3.67. The number of hydrogen-bond donors (Lipinski definition) is 0. The Kier molecular flexibility index (Phi) is 14.0. The van der Waals surface area contributed by atoms with Gasteiger partial charge in [-0.15, -0.1) is 6.58 Å². The molecule has 4 aromatic carbocycles. The molecule has 0 aromatic heterocycles. The molecule has 8 heteroatoms. The van der Waals surface area contributed by atoms with Crippen molar-refractivity contribution in [3.63, 3.8) is 0 Å². The zero-order valence-electron chi connectivity index (χ0n) is 33.3. The lowest BCUT2D eigenvalue weighted by molar-refractivity contribution is -0.160. The molecule has 1 aliphatic heterocycles. The van der Waals surface area contributed by atoms with Gasteiger partial charge in [-0.25, -0.2) is 0 Å². The van der Waals surface area contributed by atoms with Crippen molar-refractivity contribution in [2.75, 3.05) is 19.8 Å². The van der Waals surface area contributed by atoms with Crippen LogP contribution < -0.4 is 10.4 Å². The van der Waals surface area contributed by atoms with Crippen molar-refractivity contribution in [1.82, 2.24) is 4.90 Å². The number of amides is 1. The SMILES string of the molecule is C=CC[C@]1(COCC[Si](C)(C)C)C[C@H](c2cccc(Cl)c2)[C@@H](c2ccc(Cl)cc2)N([C@@H](C)CCO[Si](c2ccccc2)(c2ccccc2)C(C)(C)C)C1=O. The summed E-state index contributed by atoms with van der Waals surface area (Å²) < 4.78 is 13.9. The molecule has 1 saturated heterocycles. The molecule has 0 saturated carbocycles. The quantitative estimate of drug-likeness (QED) is 0.0644. The number of benzene rings is 4. The predicted octanol–water partition coefficient (Wildman–Crippen LogP) is 11.3. The van der Waals surface area contributed by atoms with Crippen molar-refractivity contribution >= 4 is 55.9 Å². The van der Waals surface area contributed by atoms with Crippen LogP contribution in [-0.2, 0) is 14.0 Å². The average molecular weight is 801 g/mol. The highest BCUT2D eigenvalue weighted by Gasteiger charge is 2.54. The van der Waals surface area contributed by atoms with Crippen LogP contribution in [0.4, 0.5) is 0 Å². The normalized spacial score (nSPS) is 20.2. The van der Waals surface area contributed by atoms with E-state index in [0.29, 0.717) is 49.1 Å². The maximum absolute atomic E-state index is 15.4. The molecule has 288 valence electrons. The molecular weight excluding hydrogens is 742 g/mol. The third-order valence-electron chi connectivity index (χ3n) is 11.1. The third-order valence-corrected chi connectivity index (χ3v) is 18.4. The van der Waals surface area contributed by atoms with Gasteiger partial charge in [-0.2, -0.15) is 0 Å². The first kappa shape index (κ1) is 42.2. The predicted molar refractivity (Wildman–Crippen MR) is 234 cm³/mol. The molecule has 0 unspecified atom stereocenters. The van der Waals surface area contributed by atoms with Gasteiger partial charge in [0, 0.05) is 43.3 Å². The maximum atomic E-state index is 15.4. The molecule has 5 rings (SSSR count). The standard InChI is InChI=1S/C46H59Cl2NO3Si2/c1-9-28-46(34-51-30-31-53(6,7)8)33-42(37-17-16-18-39(48)32-37)43(36-23-25-38(47)26-24-36)49(44(46)50)35(2)27-29-52-54(45(3,4)5,40-19-12-10-13-20-40)41-21-14-11-15-22-41/h9-26,32,35,42-43H,1,27-31,33-34H2,2-8H3/t35-,42+,43+,46+/m0/s1. The molecule has 54 heavy (non-hydrogen) atoms. The van der Waals surface area contributed by atoms with Crippen LogP contribution >= 0.6 is 23.2 Å². The number of piperidine rings is 1. The Morgan fingerprint density at radius 2 is 1.46 bits per heavy atom. The van der Waals surface area contributed by atoms with Gasteiger partial charge in [-0.3, -0.25) is 4.79 Å². The van der Waals surface area contributed by atoms with Crippen molar-refractivity contribution in [1.29, 1.82) is 0 Å². The van der Waals surface area contributed by atoms with E-state index in [1.54, 1.807) is 0 Å². The molecular formula is C46H59Cl2NO3Si2. The van der Waals surface area contributed by atoms with Crippen molar-refractivity contribution in [2.45, 2.75) is 95.7 Å².